The lowest BCUT2D eigenvalue weighted by atomic mass is 10.2. The largest absolute Gasteiger partial charge is 0.378 e. The number of nitrogens with one attached hydrogen (secondary N) is 2. The summed E-state index contributed by atoms with van der Waals surface area (Å²) in [6, 6.07) is 4.41. The van der Waals surface area contributed by atoms with Gasteiger partial charge in [0.2, 0.25) is 10.0 Å². The number of anilines is 3. The van der Waals surface area contributed by atoms with Gasteiger partial charge in [-0.1, -0.05) is 11.6 Å². The minimum atomic E-state index is -3.49. The van der Waals surface area contributed by atoms with E-state index < -0.39 is 15.9 Å². The first kappa shape index (κ1) is 22.0. The van der Waals surface area contributed by atoms with Crippen molar-refractivity contribution in [1.82, 2.24) is 19.7 Å². The van der Waals surface area contributed by atoms with Crippen LogP contribution in [-0.4, -0.2) is 66.6 Å². The van der Waals surface area contributed by atoms with Crippen LogP contribution in [0.3, 0.4) is 0 Å². The second-order valence-corrected chi connectivity index (χ2v) is 9.25. The zero-order valence-electron chi connectivity index (χ0n) is 17.0. The lowest BCUT2D eigenvalue weighted by Crippen LogP contribution is -2.36. The fourth-order valence-corrected chi connectivity index (χ4v) is 3.87. The van der Waals surface area contributed by atoms with E-state index in [1.807, 2.05) is 0 Å². The van der Waals surface area contributed by atoms with Gasteiger partial charge in [-0.2, -0.15) is 5.10 Å². The molecule has 11 nitrogen and oxygen atoms in total. The lowest BCUT2D eigenvalue weighted by Gasteiger charge is -2.27. The van der Waals surface area contributed by atoms with Crippen LogP contribution >= 0.6 is 11.6 Å². The molecule has 1 aliphatic heterocycles. The number of hydrogen-bond acceptors (Lipinski definition) is 8. The maximum absolute atomic E-state index is 12.6. The maximum atomic E-state index is 12.6. The van der Waals surface area contributed by atoms with E-state index in [9.17, 15) is 13.2 Å². The van der Waals surface area contributed by atoms with Crippen molar-refractivity contribution in [1.29, 1.82) is 0 Å². The monoisotopic (exact) mass is 477 g/mol. The van der Waals surface area contributed by atoms with Gasteiger partial charge >= 0.3 is 0 Å². The molecule has 0 atom stereocenters. The molecule has 2 aromatic heterocycles. The first-order valence-corrected chi connectivity index (χ1v) is 11.8. The van der Waals surface area contributed by atoms with Crippen LogP contribution in [0.15, 0.2) is 43.0 Å². The highest BCUT2D eigenvalue weighted by atomic mass is 35.5. The predicted molar refractivity (Wildman–Crippen MR) is 120 cm³/mol. The van der Waals surface area contributed by atoms with Crippen molar-refractivity contribution in [3.05, 3.63) is 53.6 Å². The van der Waals surface area contributed by atoms with E-state index in [1.54, 1.807) is 12.4 Å². The molecule has 168 valence electrons. The van der Waals surface area contributed by atoms with Gasteiger partial charge in [-0.05, 0) is 18.2 Å². The molecule has 0 spiro atoms. The fourth-order valence-electron chi connectivity index (χ4n) is 3.09. The van der Waals surface area contributed by atoms with E-state index in [4.69, 9.17) is 16.3 Å². The van der Waals surface area contributed by atoms with Crippen molar-refractivity contribution in [3.8, 4) is 5.82 Å². The number of carbonyl (C=O) groups excluding carboxylic acids is 1. The Morgan fingerprint density at radius 1 is 1.06 bits per heavy atom. The Kier molecular flexibility index (Phi) is 6.26. The van der Waals surface area contributed by atoms with Crippen LogP contribution in [0, 0.1) is 0 Å². The van der Waals surface area contributed by atoms with E-state index >= 15 is 0 Å². The van der Waals surface area contributed by atoms with Crippen molar-refractivity contribution in [2.24, 2.45) is 0 Å². The number of nitrogens with zero attached hydrogens (tertiary/aromatic N) is 5. The summed E-state index contributed by atoms with van der Waals surface area (Å²) in [6.45, 7) is 2.81. The molecular formula is C19H20ClN7O4S. The van der Waals surface area contributed by atoms with Crippen LogP contribution in [0.25, 0.3) is 5.82 Å². The number of halogens is 1. The van der Waals surface area contributed by atoms with E-state index in [0.29, 0.717) is 24.7 Å². The average Bonchev–Trinajstić information content (AvgIpc) is 3.23. The van der Waals surface area contributed by atoms with E-state index in [0.717, 1.165) is 25.2 Å². The minimum absolute atomic E-state index is 0.238. The molecule has 3 heterocycles. The van der Waals surface area contributed by atoms with Gasteiger partial charge in [0.1, 0.15) is 5.82 Å². The van der Waals surface area contributed by atoms with Gasteiger partial charge in [0.05, 0.1) is 49.3 Å². The summed E-state index contributed by atoms with van der Waals surface area (Å²) in [5.74, 6) is 0.770. The van der Waals surface area contributed by atoms with Crippen LogP contribution < -0.4 is 14.9 Å². The topological polar surface area (TPSA) is 131 Å². The van der Waals surface area contributed by atoms with Crippen molar-refractivity contribution >= 4 is 44.7 Å². The number of amides is 1. The Morgan fingerprint density at radius 3 is 2.44 bits per heavy atom. The molecule has 4 rings (SSSR count). The zero-order valence-corrected chi connectivity index (χ0v) is 18.6. The standard InChI is InChI=1S/C19H20ClN7O4S/c1-32(29,30)25-16-7-14(20)6-15(8-16)24-19(28)13-9-23-27(12-13)18-11-21-17(10-22-18)26-2-4-31-5-3-26/h6-12,25H,2-5H2,1H3,(H,24,28). The Balaban J connectivity index is 1.46. The highest BCUT2D eigenvalue weighted by Crippen LogP contribution is 2.24. The Morgan fingerprint density at radius 2 is 1.75 bits per heavy atom. The molecule has 1 fully saturated rings. The molecule has 13 heteroatoms. The van der Waals surface area contributed by atoms with Crippen LogP contribution in [0.4, 0.5) is 17.2 Å². The molecule has 1 amide bonds. The van der Waals surface area contributed by atoms with Crippen LogP contribution in [0.2, 0.25) is 5.02 Å². The molecule has 1 aliphatic rings. The SMILES string of the molecule is CS(=O)(=O)Nc1cc(Cl)cc(NC(=O)c2cnn(-c3cnc(N4CCOCC4)cn3)c2)c1. The highest BCUT2D eigenvalue weighted by molar-refractivity contribution is 7.92. The molecule has 0 bridgehead atoms. The number of ether oxygens (including phenoxy) is 1. The second kappa shape index (κ2) is 9.10. The summed E-state index contributed by atoms with van der Waals surface area (Å²) in [4.78, 5) is 23.5. The number of morpholine rings is 1. The molecule has 2 N–H and O–H groups in total. The molecule has 0 unspecified atom stereocenters. The molecule has 0 radical (unpaired) electrons. The number of carbonyl (C=O) groups is 1. The second-order valence-electron chi connectivity index (χ2n) is 7.06. The summed E-state index contributed by atoms with van der Waals surface area (Å²) in [7, 11) is -3.49. The molecule has 3 aromatic rings. The van der Waals surface area contributed by atoms with E-state index in [1.165, 1.54) is 35.3 Å². The van der Waals surface area contributed by atoms with Crippen LogP contribution in [0.1, 0.15) is 10.4 Å². The molecule has 0 saturated carbocycles. The van der Waals surface area contributed by atoms with Crippen molar-refractivity contribution in [2.75, 3.05) is 47.5 Å². The van der Waals surface area contributed by atoms with Gasteiger partial charge in [-0.3, -0.25) is 9.52 Å². The number of aromatic nitrogens is 4. The lowest BCUT2D eigenvalue weighted by molar-refractivity contribution is 0.102. The third kappa shape index (κ3) is 5.52. The zero-order chi connectivity index (χ0) is 22.7. The molecule has 32 heavy (non-hydrogen) atoms. The van der Waals surface area contributed by atoms with Gasteiger partial charge in [-0.15, -0.1) is 0 Å². The van der Waals surface area contributed by atoms with Gasteiger partial charge in [0, 0.05) is 30.0 Å². The summed E-state index contributed by atoms with van der Waals surface area (Å²) in [5, 5.41) is 7.12. The van der Waals surface area contributed by atoms with Crippen molar-refractivity contribution < 1.29 is 17.9 Å². The van der Waals surface area contributed by atoms with Crippen LogP contribution in [0.5, 0.6) is 0 Å². The van der Waals surface area contributed by atoms with Gasteiger partial charge < -0.3 is 15.0 Å². The summed E-state index contributed by atoms with van der Waals surface area (Å²) in [5.41, 5.74) is 0.847. The first-order valence-electron chi connectivity index (χ1n) is 9.56. The van der Waals surface area contributed by atoms with E-state index in [2.05, 4.69) is 30.0 Å². The Hall–Kier alpha value is -3.22. The normalized spacial score (nSPS) is 14.2. The number of hydrogen-bond donors (Lipinski definition) is 2. The fraction of sp³-hybridized carbons (Fsp3) is 0.263. The van der Waals surface area contributed by atoms with Crippen molar-refractivity contribution in [2.45, 2.75) is 0 Å². The number of sulfonamides is 1. The van der Waals surface area contributed by atoms with Crippen molar-refractivity contribution in [3.63, 3.8) is 0 Å². The number of benzene rings is 1. The molecule has 1 aromatic carbocycles. The third-order valence-corrected chi connectivity index (χ3v) is 5.32. The average molecular weight is 478 g/mol. The highest BCUT2D eigenvalue weighted by Gasteiger charge is 2.15. The Labute approximate surface area is 189 Å². The number of rotatable bonds is 6. The smallest absolute Gasteiger partial charge is 0.258 e. The summed E-state index contributed by atoms with van der Waals surface area (Å²) < 4.78 is 32.0. The van der Waals surface area contributed by atoms with E-state index in [-0.39, 0.29) is 16.3 Å². The molecule has 1 saturated heterocycles. The van der Waals surface area contributed by atoms with Crippen LogP contribution in [-0.2, 0) is 14.8 Å². The Bertz CT molecular complexity index is 1220. The first-order chi connectivity index (χ1) is 15.3. The molecular weight excluding hydrogens is 458 g/mol. The summed E-state index contributed by atoms with van der Waals surface area (Å²) in [6.07, 6.45) is 7.18. The van der Waals surface area contributed by atoms with Gasteiger partial charge in [-0.25, -0.2) is 23.1 Å². The van der Waals surface area contributed by atoms with Gasteiger partial charge in [0.15, 0.2) is 5.82 Å². The predicted octanol–water partition coefficient (Wildman–Crippen LogP) is 1.78. The van der Waals surface area contributed by atoms with Gasteiger partial charge in [0.25, 0.3) is 5.91 Å². The molecule has 0 aliphatic carbocycles. The maximum Gasteiger partial charge on any atom is 0.258 e. The third-order valence-electron chi connectivity index (χ3n) is 4.50. The quantitative estimate of drug-likeness (QED) is 0.549. The summed E-state index contributed by atoms with van der Waals surface area (Å²) >= 11 is 6.03. The minimum Gasteiger partial charge on any atom is -0.378 e.